The molecule has 1 atom stereocenters. The molecule has 2 aromatic carbocycles. The fourth-order valence-corrected chi connectivity index (χ4v) is 3.52. The number of aryl methyl sites for hydroxylation is 1. The van der Waals surface area contributed by atoms with Crippen LogP contribution in [0.15, 0.2) is 54.7 Å². The summed E-state index contributed by atoms with van der Waals surface area (Å²) in [5.74, 6) is 1.53. The molecule has 0 saturated heterocycles. The quantitative estimate of drug-likeness (QED) is 0.713. The monoisotopic (exact) mass is 379 g/mol. The summed E-state index contributed by atoms with van der Waals surface area (Å²) in [6.07, 6.45) is 1.50. The van der Waals surface area contributed by atoms with E-state index in [1.54, 1.807) is 0 Å². The Morgan fingerprint density at radius 3 is 2.64 bits per heavy atom. The van der Waals surface area contributed by atoms with E-state index in [0.717, 1.165) is 33.9 Å². The lowest BCUT2D eigenvalue weighted by molar-refractivity contribution is 0.124. The van der Waals surface area contributed by atoms with Gasteiger partial charge in [0.25, 0.3) is 0 Å². The summed E-state index contributed by atoms with van der Waals surface area (Å²) in [4.78, 5) is 2.11. The summed E-state index contributed by atoms with van der Waals surface area (Å²) in [5.41, 5.74) is 3.94. The first-order valence-electron chi connectivity index (χ1n) is 9.44. The predicted octanol–water partition coefficient (Wildman–Crippen LogP) is 3.02. The largest absolute Gasteiger partial charge is 0.486 e. The molecule has 0 unspecified atom stereocenters. The van der Waals surface area contributed by atoms with E-state index < -0.39 is 6.10 Å². The molecule has 3 aromatic rings. The van der Waals surface area contributed by atoms with E-state index >= 15 is 0 Å². The van der Waals surface area contributed by atoms with E-state index in [9.17, 15) is 5.11 Å². The zero-order chi connectivity index (χ0) is 19.5. The van der Waals surface area contributed by atoms with Gasteiger partial charge in [-0.05, 0) is 30.8 Å². The molecule has 1 aliphatic heterocycles. The van der Waals surface area contributed by atoms with Gasteiger partial charge in [-0.3, -0.25) is 9.58 Å². The van der Waals surface area contributed by atoms with E-state index in [-0.39, 0.29) is 0 Å². The van der Waals surface area contributed by atoms with Gasteiger partial charge in [0.15, 0.2) is 11.5 Å². The standard InChI is InChI=1S/C22H25N3O3/c1-24(15-19(26)16-6-4-3-5-7-16)13-18-14-25(2)23-22(18)17-8-9-20-21(12-17)28-11-10-27-20/h3-9,12,14,19,26H,10-11,13,15H2,1-2H3/t19-/m0/s1. The second-order valence-corrected chi connectivity index (χ2v) is 7.16. The molecule has 4 rings (SSSR count). The van der Waals surface area contributed by atoms with Crippen molar-refractivity contribution in [2.24, 2.45) is 7.05 Å². The van der Waals surface area contributed by atoms with Crippen LogP contribution in [0.4, 0.5) is 0 Å². The fraction of sp³-hybridized carbons (Fsp3) is 0.318. The number of aromatic nitrogens is 2. The Morgan fingerprint density at radius 1 is 1.11 bits per heavy atom. The number of aliphatic hydroxyl groups excluding tert-OH is 1. The second-order valence-electron chi connectivity index (χ2n) is 7.16. The highest BCUT2D eigenvalue weighted by molar-refractivity contribution is 5.66. The zero-order valence-corrected chi connectivity index (χ0v) is 16.2. The third-order valence-electron chi connectivity index (χ3n) is 4.83. The van der Waals surface area contributed by atoms with Crippen molar-refractivity contribution in [3.05, 3.63) is 65.9 Å². The van der Waals surface area contributed by atoms with Gasteiger partial charge in [-0.1, -0.05) is 30.3 Å². The van der Waals surface area contributed by atoms with Crippen LogP contribution < -0.4 is 9.47 Å². The maximum absolute atomic E-state index is 10.5. The summed E-state index contributed by atoms with van der Waals surface area (Å²) in [6.45, 7) is 2.36. The first-order chi connectivity index (χ1) is 13.6. The van der Waals surface area contributed by atoms with E-state index in [4.69, 9.17) is 9.47 Å². The van der Waals surface area contributed by atoms with Crippen molar-refractivity contribution < 1.29 is 14.6 Å². The molecular formula is C22H25N3O3. The van der Waals surface area contributed by atoms with Gasteiger partial charge < -0.3 is 14.6 Å². The average Bonchev–Trinajstić information content (AvgIpc) is 3.08. The molecule has 0 saturated carbocycles. The Hall–Kier alpha value is -2.83. The highest BCUT2D eigenvalue weighted by Gasteiger charge is 2.18. The Morgan fingerprint density at radius 2 is 1.86 bits per heavy atom. The number of benzene rings is 2. The van der Waals surface area contributed by atoms with Gasteiger partial charge in [0.1, 0.15) is 13.2 Å². The highest BCUT2D eigenvalue weighted by Crippen LogP contribution is 2.35. The van der Waals surface area contributed by atoms with Crippen LogP contribution in [0.5, 0.6) is 11.5 Å². The summed E-state index contributed by atoms with van der Waals surface area (Å²) in [5, 5.41) is 15.2. The third kappa shape index (κ3) is 4.03. The van der Waals surface area contributed by atoms with Crippen LogP contribution in [0, 0.1) is 0 Å². The topological polar surface area (TPSA) is 59.8 Å². The molecule has 1 aliphatic rings. The number of nitrogens with zero attached hydrogens (tertiary/aromatic N) is 3. The first kappa shape index (κ1) is 18.5. The maximum Gasteiger partial charge on any atom is 0.162 e. The molecule has 6 nitrogen and oxygen atoms in total. The van der Waals surface area contributed by atoms with Crippen molar-refractivity contribution >= 4 is 0 Å². The van der Waals surface area contributed by atoms with Gasteiger partial charge in [-0.25, -0.2) is 0 Å². The predicted molar refractivity (Wildman–Crippen MR) is 107 cm³/mol. The Labute approximate surface area is 164 Å². The smallest absolute Gasteiger partial charge is 0.162 e. The molecule has 28 heavy (non-hydrogen) atoms. The Bertz CT molecular complexity index is 939. The van der Waals surface area contributed by atoms with Crippen molar-refractivity contribution in [1.29, 1.82) is 0 Å². The molecule has 0 aliphatic carbocycles. The molecule has 1 N–H and O–H groups in total. The molecular weight excluding hydrogens is 354 g/mol. The van der Waals surface area contributed by atoms with Crippen LogP contribution >= 0.6 is 0 Å². The molecule has 0 fully saturated rings. The van der Waals surface area contributed by atoms with Gasteiger partial charge in [0.05, 0.1) is 11.8 Å². The molecule has 0 spiro atoms. The lowest BCUT2D eigenvalue weighted by Crippen LogP contribution is -2.24. The number of hydrogen-bond acceptors (Lipinski definition) is 5. The minimum Gasteiger partial charge on any atom is -0.486 e. The van der Waals surface area contributed by atoms with E-state index in [0.29, 0.717) is 26.3 Å². The summed E-state index contributed by atoms with van der Waals surface area (Å²) in [6, 6.07) is 15.7. The van der Waals surface area contributed by atoms with Crippen LogP contribution in [0.25, 0.3) is 11.3 Å². The van der Waals surface area contributed by atoms with Crippen molar-refractivity contribution in [2.75, 3.05) is 26.8 Å². The van der Waals surface area contributed by atoms with Crippen molar-refractivity contribution in [1.82, 2.24) is 14.7 Å². The number of aliphatic hydroxyl groups is 1. The lowest BCUT2D eigenvalue weighted by atomic mass is 10.1. The molecule has 2 heterocycles. The number of likely N-dealkylation sites (N-methyl/N-ethyl adjacent to an activating group) is 1. The van der Waals surface area contributed by atoms with Crippen molar-refractivity contribution in [3.63, 3.8) is 0 Å². The van der Waals surface area contributed by atoms with Gasteiger partial charge in [0.2, 0.25) is 0 Å². The Kier molecular flexibility index (Phi) is 5.32. The maximum atomic E-state index is 10.5. The van der Waals surface area contributed by atoms with Crippen LogP contribution in [-0.4, -0.2) is 46.6 Å². The number of ether oxygens (including phenoxy) is 2. The molecule has 0 radical (unpaired) electrons. The SMILES string of the molecule is CN(Cc1cn(C)nc1-c1ccc2c(c1)OCCO2)C[C@H](O)c1ccccc1. The number of rotatable bonds is 6. The minimum atomic E-state index is -0.527. The summed E-state index contributed by atoms with van der Waals surface area (Å²) < 4.78 is 13.1. The highest BCUT2D eigenvalue weighted by atomic mass is 16.6. The summed E-state index contributed by atoms with van der Waals surface area (Å²) >= 11 is 0. The fourth-order valence-electron chi connectivity index (χ4n) is 3.52. The molecule has 0 bridgehead atoms. The molecule has 1 aromatic heterocycles. The normalized spacial score (nSPS) is 14.3. The third-order valence-corrected chi connectivity index (χ3v) is 4.83. The Balaban J connectivity index is 1.51. The number of hydrogen-bond donors (Lipinski definition) is 1. The summed E-state index contributed by atoms with van der Waals surface area (Å²) in [7, 11) is 3.93. The molecule has 0 amide bonds. The van der Waals surface area contributed by atoms with Crippen LogP contribution in [0.1, 0.15) is 17.2 Å². The zero-order valence-electron chi connectivity index (χ0n) is 16.2. The lowest BCUT2D eigenvalue weighted by Gasteiger charge is -2.21. The molecule has 6 heteroatoms. The van der Waals surface area contributed by atoms with Gasteiger partial charge in [0, 0.05) is 37.5 Å². The van der Waals surface area contributed by atoms with Crippen LogP contribution in [-0.2, 0) is 13.6 Å². The van der Waals surface area contributed by atoms with E-state index in [1.807, 2.05) is 73.5 Å². The van der Waals surface area contributed by atoms with Gasteiger partial charge >= 0.3 is 0 Å². The van der Waals surface area contributed by atoms with Crippen LogP contribution in [0.3, 0.4) is 0 Å². The number of fused-ring (bicyclic) bond motifs is 1. The van der Waals surface area contributed by atoms with Crippen LogP contribution in [0.2, 0.25) is 0 Å². The average molecular weight is 379 g/mol. The van der Waals surface area contributed by atoms with Gasteiger partial charge in [-0.2, -0.15) is 5.10 Å². The van der Waals surface area contributed by atoms with Crippen molar-refractivity contribution in [3.8, 4) is 22.8 Å². The second kappa shape index (κ2) is 8.04. The first-order valence-corrected chi connectivity index (χ1v) is 9.44. The van der Waals surface area contributed by atoms with Crippen molar-refractivity contribution in [2.45, 2.75) is 12.6 Å². The van der Waals surface area contributed by atoms with E-state index in [1.165, 1.54) is 0 Å². The van der Waals surface area contributed by atoms with Gasteiger partial charge in [-0.15, -0.1) is 0 Å². The molecule has 146 valence electrons. The van der Waals surface area contributed by atoms with E-state index in [2.05, 4.69) is 10.00 Å². The minimum absolute atomic E-state index is 0.527.